The molecule has 1 rings (SSSR count). The lowest BCUT2D eigenvalue weighted by Crippen LogP contribution is -2.32. The number of nitrogens with zero attached hydrogens (tertiary/aromatic N) is 3. The Morgan fingerprint density at radius 1 is 1.38 bits per heavy atom. The van der Waals surface area contributed by atoms with Gasteiger partial charge in [0, 0.05) is 31.5 Å². The highest BCUT2D eigenvalue weighted by Crippen LogP contribution is 2.15. The molecular formula is C15H21N3O3. The fourth-order valence-corrected chi connectivity index (χ4v) is 1.99. The van der Waals surface area contributed by atoms with E-state index in [0.717, 1.165) is 0 Å². The summed E-state index contributed by atoms with van der Waals surface area (Å²) < 4.78 is 0. The summed E-state index contributed by atoms with van der Waals surface area (Å²) in [6.45, 7) is 8.86. The Balaban J connectivity index is 3.04. The molecule has 0 saturated carbocycles. The topological polar surface area (TPSA) is 73.7 Å². The molecule has 1 heterocycles. The first-order valence-electron chi connectivity index (χ1n) is 6.86. The van der Waals surface area contributed by atoms with Crippen LogP contribution >= 0.6 is 0 Å². The summed E-state index contributed by atoms with van der Waals surface area (Å²) in [5, 5.41) is 8.95. The molecule has 0 aliphatic rings. The number of hydrogen-bond acceptors (Lipinski definition) is 4. The van der Waals surface area contributed by atoms with Crippen molar-refractivity contribution < 1.29 is 14.7 Å². The van der Waals surface area contributed by atoms with E-state index in [1.165, 1.54) is 6.20 Å². The van der Waals surface area contributed by atoms with E-state index in [-0.39, 0.29) is 12.5 Å². The number of hydrogen-bond donors (Lipinski definition) is 1. The van der Waals surface area contributed by atoms with Gasteiger partial charge >= 0.3 is 5.97 Å². The highest BCUT2D eigenvalue weighted by atomic mass is 16.4. The molecule has 1 N–H and O–H groups in total. The zero-order valence-corrected chi connectivity index (χ0v) is 12.5. The highest BCUT2D eigenvalue weighted by Gasteiger charge is 2.16. The van der Waals surface area contributed by atoms with Crippen molar-refractivity contribution in [1.82, 2.24) is 9.88 Å². The molecule has 21 heavy (non-hydrogen) atoms. The minimum absolute atomic E-state index is 0.157. The molecule has 1 amide bonds. The van der Waals surface area contributed by atoms with Crippen LogP contribution in [-0.4, -0.2) is 53.0 Å². The molecule has 0 bridgehead atoms. The number of rotatable bonds is 8. The molecule has 6 heteroatoms. The molecule has 0 atom stereocenters. The second-order valence-electron chi connectivity index (χ2n) is 4.44. The Morgan fingerprint density at radius 3 is 2.57 bits per heavy atom. The van der Waals surface area contributed by atoms with E-state index in [1.54, 1.807) is 28.0 Å². The lowest BCUT2D eigenvalue weighted by atomic mass is 10.2. The maximum Gasteiger partial charge on any atom is 0.323 e. The largest absolute Gasteiger partial charge is 0.480 e. The first kappa shape index (κ1) is 16.7. The second kappa shape index (κ2) is 8.04. The number of aromatic nitrogens is 1. The SMILES string of the molecule is C=CCN(CC(=O)O)c1ccnc(C(=O)N(CC)CC)c1. The van der Waals surface area contributed by atoms with Gasteiger partial charge in [0.1, 0.15) is 12.2 Å². The van der Waals surface area contributed by atoms with Crippen molar-refractivity contribution in [2.45, 2.75) is 13.8 Å². The molecule has 1 aromatic heterocycles. The van der Waals surface area contributed by atoms with Crippen molar-refractivity contribution in [2.75, 3.05) is 31.1 Å². The Bertz CT molecular complexity index is 513. The van der Waals surface area contributed by atoms with Crippen molar-refractivity contribution >= 4 is 17.6 Å². The third-order valence-electron chi connectivity index (χ3n) is 3.05. The smallest absolute Gasteiger partial charge is 0.323 e. The van der Waals surface area contributed by atoms with E-state index in [2.05, 4.69) is 11.6 Å². The number of carbonyl (C=O) groups excluding carboxylic acids is 1. The van der Waals surface area contributed by atoms with Gasteiger partial charge < -0.3 is 14.9 Å². The third kappa shape index (κ3) is 4.59. The molecule has 0 aromatic carbocycles. The molecule has 0 aliphatic heterocycles. The van der Waals surface area contributed by atoms with E-state index in [0.29, 0.717) is 31.0 Å². The van der Waals surface area contributed by atoms with Gasteiger partial charge in [0.05, 0.1) is 0 Å². The molecule has 0 saturated heterocycles. The van der Waals surface area contributed by atoms with Crippen LogP contribution in [0, 0.1) is 0 Å². The van der Waals surface area contributed by atoms with Gasteiger partial charge in [-0.3, -0.25) is 14.6 Å². The normalized spacial score (nSPS) is 10.0. The lowest BCUT2D eigenvalue weighted by molar-refractivity contribution is -0.135. The Morgan fingerprint density at radius 2 is 2.05 bits per heavy atom. The van der Waals surface area contributed by atoms with Crippen LogP contribution in [0.15, 0.2) is 31.0 Å². The first-order chi connectivity index (χ1) is 10.0. The maximum absolute atomic E-state index is 12.3. The van der Waals surface area contributed by atoms with Crippen molar-refractivity contribution in [1.29, 1.82) is 0 Å². The fraction of sp³-hybridized carbons (Fsp3) is 0.400. The molecule has 0 aliphatic carbocycles. The van der Waals surface area contributed by atoms with Crippen molar-refractivity contribution in [2.24, 2.45) is 0 Å². The van der Waals surface area contributed by atoms with E-state index in [4.69, 9.17) is 5.11 Å². The highest BCUT2D eigenvalue weighted by molar-refractivity contribution is 5.93. The van der Waals surface area contributed by atoms with Gasteiger partial charge in [0.2, 0.25) is 0 Å². The summed E-state index contributed by atoms with van der Waals surface area (Å²) in [6, 6.07) is 3.30. The van der Waals surface area contributed by atoms with E-state index >= 15 is 0 Å². The van der Waals surface area contributed by atoms with Gasteiger partial charge in [0.25, 0.3) is 5.91 Å². The standard InChI is InChI=1S/C15H21N3O3/c1-4-9-18(11-14(19)20)12-7-8-16-13(10-12)15(21)17(5-2)6-3/h4,7-8,10H,1,5-6,9,11H2,2-3H3,(H,19,20). The molecule has 0 spiro atoms. The zero-order valence-electron chi connectivity index (χ0n) is 12.5. The Labute approximate surface area is 124 Å². The summed E-state index contributed by atoms with van der Waals surface area (Å²) >= 11 is 0. The van der Waals surface area contributed by atoms with Crippen LogP contribution in [0.5, 0.6) is 0 Å². The van der Waals surface area contributed by atoms with Crippen LogP contribution in [-0.2, 0) is 4.79 Å². The van der Waals surface area contributed by atoms with Crippen LogP contribution in [0.1, 0.15) is 24.3 Å². The monoisotopic (exact) mass is 291 g/mol. The number of carbonyl (C=O) groups is 2. The third-order valence-corrected chi connectivity index (χ3v) is 3.05. The quantitative estimate of drug-likeness (QED) is 0.737. The number of aliphatic carboxylic acids is 1. The summed E-state index contributed by atoms with van der Waals surface area (Å²) in [5.74, 6) is -1.10. The number of amides is 1. The first-order valence-corrected chi connectivity index (χ1v) is 6.86. The Kier molecular flexibility index (Phi) is 6.39. The van der Waals surface area contributed by atoms with Gasteiger partial charge in [-0.2, -0.15) is 0 Å². The van der Waals surface area contributed by atoms with E-state index < -0.39 is 5.97 Å². The van der Waals surface area contributed by atoms with Gasteiger partial charge in [-0.05, 0) is 26.0 Å². The van der Waals surface area contributed by atoms with Crippen molar-refractivity contribution in [3.8, 4) is 0 Å². The number of anilines is 1. The molecule has 6 nitrogen and oxygen atoms in total. The molecule has 1 aromatic rings. The zero-order chi connectivity index (χ0) is 15.8. The molecular weight excluding hydrogens is 270 g/mol. The average molecular weight is 291 g/mol. The predicted octanol–water partition coefficient (Wildman–Crippen LogP) is 1.64. The molecule has 0 radical (unpaired) electrons. The van der Waals surface area contributed by atoms with Gasteiger partial charge in [-0.1, -0.05) is 6.08 Å². The number of pyridine rings is 1. The predicted molar refractivity (Wildman–Crippen MR) is 81.5 cm³/mol. The Hall–Kier alpha value is -2.37. The van der Waals surface area contributed by atoms with Gasteiger partial charge in [-0.25, -0.2) is 0 Å². The fourth-order valence-electron chi connectivity index (χ4n) is 1.99. The maximum atomic E-state index is 12.3. The van der Waals surface area contributed by atoms with Crippen LogP contribution in [0.3, 0.4) is 0 Å². The molecule has 0 unspecified atom stereocenters. The minimum Gasteiger partial charge on any atom is -0.480 e. The molecule has 0 fully saturated rings. The van der Waals surface area contributed by atoms with E-state index in [1.807, 2.05) is 13.8 Å². The van der Waals surface area contributed by atoms with Gasteiger partial charge in [0.15, 0.2) is 0 Å². The minimum atomic E-state index is -0.940. The van der Waals surface area contributed by atoms with Crippen LogP contribution in [0.2, 0.25) is 0 Å². The molecule has 114 valence electrons. The number of carboxylic acids is 1. The van der Waals surface area contributed by atoms with Crippen molar-refractivity contribution in [3.63, 3.8) is 0 Å². The van der Waals surface area contributed by atoms with E-state index in [9.17, 15) is 9.59 Å². The summed E-state index contributed by atoms with van der Waals surface area (Å²) in [4.78, 5) is 30.6. The number of carboxylic acid groups (broad SMARTS) is 1. The average Bonchev–Trinajstić information content (AvgIpc) is 2.47. The van der Waals surface area contributed by atoms with Crippen LogP contribution in [0.4, 0.5) is 5.69 Å². The van der Waals surface area contributed by atoms with Crippen LogP contribution in [0.25, 0.3) is 0 Å². The summed E-state index contributed by atoms with van der Waals surface area (Å²) in [7, 11) is 0. The summed E-state index contributed by atoms with van der Waals surface area (Å²) in [5.41, 5.74) is 0.957. The van der Waals surface area contributed by atoms with Crippen molar-refractivity contribution in [3.05, 3.63) is 36.7 Å². The lowest BCUT2D eigenvalue weighted by Gasteiger charge is -2.22. The van der Waals surface area contributed by atoms with Crippen LogP contribution < -0.4 is 4.90 Å². The second-order valence-corrected chi connectivity index (χ2v) is 4.44. The van der Waals surface area contributed by atoms with Gasteiger partial charge in [-0.15, -0.1) is 6.58 Å². The summed E-state index contributed by atoms with van der Waals surface area (Å²) in [6.07, 6.45) is 3.14.